The Morgan fingerprint density at radius 1 is 1.14 bits per heavy atom. The summed E-state index contributed by atoms with van der Waals surface area (Å²) in [5.74, 6) is 1.34. The van der Waals surface area contributed by atoms with Crippen LogP contribution in [0.25, 0.3) is 11.0 Å². The van der Waals surface area contributed by atoms with Crippen LogP contribution in [0.1, 0.15) is 28.8 Å². The second-order valence-electron chi connectivity index (χ2n) is 8.99. The number of Topliss-reactive ketones (excluding diaryl/α,β-unsaturated/α-hetero) is 1. The van der Waals surface area contributed by atoms with Gasteiger partial charge < -0.3 is 19.9 Å². The molecule has 0 unspecified atom stereocenters. The average Bonchev–Trinajstić information content (AvgIpc) is 3.25. The summed E-state index contributed by atoms with van der Waals surface area (Å²) in [7, 11) is 1.56. The first-order valence-corrected chi connectivity index (χ1v) is 11.8. The summed E-state index contributed by atoms with van der Waals surface area (Å²) in [6.07, 6.45) is 3.45. The molecule has 1 aliphatic rings. The van der Waals surface area contributed by atoms with E-state index in [1.54, 1.807) is 31.4 Å². The van der Waals surface area contributed by atoms with Crippen LogP contribution in [0.2, 0.25) is 0 Å². The highest BCUT2D eigenvalue weighted by Crippen LogP contribution is 2.27. The highest BCUT2D eigenvalue weighted by Gasteiger charge is 2.24. The Labute approximate surface area is 203 Å². The molecule has 0 spiro atoms. The monoisotopic (exact) mass is 471 g/mol. The fourth-order valence-corrected chi connectivity index (χ4v) is 4.73. The minimum atomic E-state index is -0.241. The number of nitrogens with two attached hydrogens (primary N) is 1. The molecule has 1 atom stereocenters. The Balaban J connectivity index is 1.56. The average molecular weight is 472 g/mol. The van der Waals surface area contributed by atoms with Gasteiger partial charge in [0.1, 0.15) is 17.1 Å². The van der Waals surface area contributed by atoms with Gasteiger partial charge in [0.15, 0.2) is 5.78 Å². The number of piperidine rings is 1. The number of methoxy groups -OCH3 is 1. The number of fused-ring (bicyclic) bond motifs is 1. The number of benzene rings is 2. The number of carbonyl (C=O) groups is 1. The van der Waals surface area contributed by atoms with Gasteiger partial charge in [-0.05, 0) is 30.5 Å². The summed E-state index contributed by atoms with van der Waals surface area (Å²) in [5.41, 5.74) is 8.69. The van der Waals surface area contributed by atoms with E-state index < -0.39 is 0 Å². The molecule has 1 saturated heterocycles. The van der Waals surface area contributed by atoms with Gasteiger partial charge in [0.25, 0.3) is 5.56 Å². The van der Waals surface area contributed by atoms with Crippen molar-refractivity contribution in [3.63, 3.8) is 0 Å². The summed E-state index contributed by atoms with van der Waals surface area (Å²) in [6.45, 7) is 2.03. The zero-order valence-electron chi connectivity index (χ0n) is 19.8. The maximum absolute atomic E-state index is 13.7. The van der Waals surface area contributed by atoms with Crippen molar-refractivity contribution in [1.29, 1.82) is 0 Å². The molecule has 3 heterocycles. The lowest BCUT2D eigenvalue weighted by Crippen LogP contribution is -2.43. The van der Waals surface area contributed by atoms with Crippen LogP contribution in [0.4, 0.5) is 5.82 Å². The van der Waals surface area contributed by atoms with Gasteiger partial charge in [0.05, 0.1) is 25.5 Å². The normalized spacial score (nSPS) is 15.9. The largest absolute Gasteiger partial charge is 0.497 e. The molecule has 0 amide bonds. The van der Waals surface area contributed by atoms with Gasteiger partial charge >= 0.3 is 0 Å². The number of hydrogen-bond acceptors (Lipinski definition) is 6. The Hall–Kier alpha value is -3.91. The lowest BCUT2D eigenvalue weighted by atomic mass is 10.1. The lowest BCUT2D eigenvalue weighted by molar-refractivity contribution is 0.0970. The molecule has 2 aromatic heterocycles. The molecular weight excluding hydrogens is 442 g/mol. The third-order valence-corrected chi connectivity index (χ3v) is 6.53. The molecule has 2 N–H and O–H groups in total. The Kier molecular flexibility index (Phi) is 6.37. The third-order valence-electron chi connectivity index (χ3n) is 6.53. The van der Waals surface area contributed by atoms with Crippen LogP contribution in [-0.4, -0.2) is 46.1 Å². The number of anilines is 1. The van der Waals surface area contributed by atoms with Crippen molar-refractivity contribution in [1.82, 2.24) is 14.1 Å². The predicted octanol–water partition coefficient (Wildman–Crippen LogP) is 3.07. The van der Waals surface area contributed by atoms with Crippen molar-refractivity contribution < 1.29 is 9.53 Å². The van der Waals surface area contributed by atoms with Crippen molar-refractivity contribution in [3.05, 3.63) is 88.5 Å². The molecule has 1 aliphatic heterocycles. The quantitative estimate of drug-likeness (QED) is 0.416. The molecule has 2 aromatic carbocycles. The SMILES string of the molecule is COc1cccc(C(=O)Cn2cnc3cc(N4CCC[C@H](N)C4)n(Cc4ccccc4)c3c2=O)c1. The number of nitrogens with zero attached hydrogens (tertiary/aromatic N) is 4. The maximum atomic E-state index is 13.7. The van der Waals surface area contributed by atoms with E-state index in [-0.39, 0.29) is 23.9 Å². The van der Waals surface area contributed by atoms with E-state index >= 15 is 0 Å². The van der Waals surface area contributed by atoms with Crippen molar-refractivity contribution in [2.45, 2.75) is 32.0 Å². The third kappa shape index (κ3) is 4.70. The van der Waals surface area contributed by atoms with E-state index in [4.69, 9.17) is 10.5 Å². The molecule has 5 rings (SSSR count). The second-order valence-corrected chi connectivity index (χ2v) is 8.99. The summed E-state index contributed by atoms with van der Waals surface area (Å²) in [4.78, 5) is 33.4. The topological polar surface area (TPSA) is 95.4 Å². The smallest absolute Gasteiger partial charge is 0.278 e. The molecule has 180 valence electrons. The minimum absolute atomic E-state index is 0.0945. The number of hydrogen-bond donors (Lipinski definition) is 1. The molecule has 8 nitrogen and oxygen atoms in total. The molecule has 0 radical (unpaired) electrons. The lowest BCUT2D eigenvalue weighted by Gasteiger charge is -2.33. The molecule has 4 aromatic rings. The van der Waals surface area contributed by atoms with Crippen LogP contribution in [-0.2, 0) is 13.1 Å². The number of rotatable bonds is 7. The van der Waals surface area contributed by atoms with E-state index in [1.165, 1.54) is 10.9 Å². The molecule has 1 fully saturated rings. The van der Waals surface area contributed by atoms with Crippen LogP contribution in [0.5, 0.6) is 5.75 Å². The highest BCUT2D eigenvalue weighted by atomic mass is 16.5. The number of carbonyl (C=O) groups excluding carboxylic acids is 1. The van der Waals surface area contributed by atoms with Crippen LogP contribution >= 0.6 is 0 Å². The van der Waals surface area contributed by atoms with Gasteiger partial charge in [-0.1, -0.05) is 42.5 Å². The van der Waals surface area contributed by atoms with Gasteiger partial charge in [0, 0.05) is 37.3 Å². The first-order valence-electron chi connectivity index (χ1n) is 11.8. The standard InChI is InChI=1S/C27H29N5O3/c1-35-22-11-5-9-20(13-22)24(33)17-31-18-29-23-14-25(30-12-6-10-21(28)16-30)32(26(23)27(31)34)15-19-7-3-2-4-8-19/h2-5,7-9,11,13-14,18,21H,6,10,12,15-17,28H2,1H3/t21-/m0/s1. The fraction of sp³-hybridized carbons (Fsp3) is 0.296. The van der Waals surface area contributed by atoms with Crippen molar-refractivity contribution in [2.24, 2.45) is 5.73 Å². The summed E-state index contributed by atoms with van der Waals surface area (Å²) >= 11 is 0. The summed E-state index contributed by atoms with van der Waals surface area (Å²) in [5, 5.41) is 0. The van der Waals surface area contributed by atoms with Crippen LogP contribution in [0.3, 0.4) is 0 Å². The zero-order chi connectivity index (χ0) is 24.4. The van der Waals surface area contributed by atoms with E-state index in [0.29, 0.717) is 28.9 Å². The minimum Gasteiger partial charge on any atom is -0.497 e. The molecule has 8 heteroatoms. The highest BCUT2D eigenvalue weighted by molar-refractivity contribution is 5.96. The number of ketones is 1. The summed E-state index contributed by atoms with van der Waals surface area (Å²) in [6, 6.07) is 19.0. The number of ether oxygens (including phenoxy) is 1. The number of aromatic nitrogens is 3. The molecule has 0 saturated carbocycles. The summed E-state index contributed by atoms with van der Waals surface area (Å²) < 4.78 is 8.63. The van der Waals surface area contributed by atoms with Crippen LogP contribution in [0, 0.1) is 0 Å². The Bertz CT molecular complexity index is 1410. The Morgan fingerprint density at radius 2 is 1.97 bits per heavy atom. The van der Waals surface area contributed by atoms with E-state index in [2.05, 4.69) is 9.88 Å². The maximum Gasteiger partial charge on any atom is 0.278 e. The predicted molar refractivity (Wildman–Crippen MR) is 136 cm³/mol. The first kappa shape index (κ1) is 22.9. The first-order chi connectivity index (χ1) is 17.0. The van der Waals surface area contributed by atoms with Crippen molar-refractivity contribution >= 4 is 22.6 Å². The molecular formula is C27H29N5O3. The zero-order valence-corrected chi connectivity index (χ0v) is 19.8. The molecule has 0 bridgehead atoms. The fourth-order valence-electron chi connectivity index (χ4n) is 4.73. The van der Waals surface area contributed by atoms with E-state index in [9.17, 15) is 9.59 Å². The van der Waals surface area contributed by atoms with Gasteiger partial charge in [-0.3, -0.25) is 14.2 Å². The Morgan fingerprint density at radius 3 is 2.74 bits per heavy atom. The van der Waals surface area contributed by atoms with E-state index in [1.807, 2.05) is 41.0 Å². The van der Waals surface area contributed by atoms with Crippen LogP contribution < -0.4 is 20.9 Å². The van der Waals surface area contributed by atoms with Gasteiger partial charge in [0.2, 0.25) is 0 Å². The van der Waals surface area contributed by atoms with Gasteiger partial charge in [-0.25, -0.2) is 4.98 Å². The molecule has 0 aliphatic carbocycles. The van der Waals surface area contributed by atoms with Crippen molar-refractivity contribution in [2.75, 3.05) is 25.1 Å². The second kappa shape index (κ2) is 9.76. The van der Waals surface area contributed by atoms with E-state index in [0.717, 1.165) is 37.3 Å². The van der Waals surface area contributed by atoms with Gasteiger partial charge in [-0.2, -0.15) is 0 Å². The van der Waals surface area contributed by atoms with Crippen LogP contribution in [0.15, 0.2) is 71.8 Å². The van der Waals surface area contributed by atoms with Gasteiger partial charge in [-0.15, -0.1) is 0 Å². The molecule has 35 heavy (non-hydrogen) atoms. The van der Waals surface area contributed by atoms with Crippen molar-refractivity contribution in [3.8, 4) is 5.75 Å².